The fourth-order valence-corrected chi connectivity index (χ4v) is 4.92. The molecule has 1 aliphatic rings. The molecule has 10 heteroatoms. The van der Waals surface area contributed by atoms with Crippen molar-refractivity contribution in [1.29, 1.82) is 5.26 Å². The maximum atomic E-state index is 12.3. The van der Waals surface area contributed by atoms with Gasteiger partial charge in [0.1, 0.15) is 28.3 Å². The van der Waals surface area contributed by atoms with Gasteiger partial charge in [0.25, 0.3) is 0 Å². The van der Waals surface area contributed by atoms with Gasteiger partial charge in [0.2, 0.25) is 5.91 Å². The zero-order valence-corrected chi connectivity index (χ0v) is 18.7. The molecule has 0 saturated carbocycles. The molecular formula is C23H22N4O5S. The third-order valence-corrected chi connectivity index (χ3v) is 6.37. The van der Waals surface area contributed by atoms with Gasteiger partial charge in [0.15, 0.2) is 0 Å². The highest BCUT2D eigenvalue weighted by atomic mass is 32.1. The largest absolute Gasteiger partial charge is 0.465 e. The quantitative estimate of drug-likeness (QED) is 0.499. The van der Waals surface area contributed by atoms with Gasteiger partial charge in [-0.3, -0.25) is 4.79 Å². The van der Waals surface area contributed by atoms with Crippen molar-refractivity contribution in [3.05, 3.63) is 63.8 Å². The predicted octanol–water partition coefficient (Wildman–Crippen LogP) is 4.19. The number of ether oxygens (including phenoxy) is 1. The first kappa shape index (κ1) is 22.4. The van der Waals surface area contributed by atoms with Crippen molar-refractivity contribution in [2.45, 2.75) is 32.7 Å². The van der Waals surface area contributed by atoms with E-state index in [1.165, 1.54) is 23.7 Å². The highest BCUT2D eigenvalue weighted by Gasteiger charge is 2.27. The summed E-state index contributed by atoms with van der Waals surface area (Å²) in [4.78, 5) is 25.3. The molecule has 2 amide bonds. The van der Waals surface area contributed by atoms with Gasteiger partial charge >= 0.3 is 6.09 Å². The van der Waals surface area contributed by atoms with E-state index < -0.39 is 6.09 Å². The zero-order chi connectivity index (χ0) is 23.2. The molecule has 3 aromatic heterocycles. The van der Waals surface area contributed by atoms with Crippen molar-refractivity contribution in [2.24, 2.45) is 5.92 Å². The van der Waals surface area contributed by atoms with Crippen molar-refractivity contribution in [3.63, 3.8) is 0 Å². The van der Waals surface area contributed by atoms with Gasteiger partial charge in [-0.15, -0.1) is 11.3 Å². The number of rotatable bonds is 7. The molecule has 170 valence electrons. The number of carbonyl (C=O) groups is 2. The lowest BCUT2D eigenvalue weighted by atomic mass is 9.88. The first-order valence-corrected chi connectivity index (χ1v) is 11.2. The number of nitriles is 1. The Morgan fingerprint density at radius 3 is 3.06 bits per heavy atom. The lowest BCUT2D eigenvalue weighted by Gasteiger charge is -2.21. The topological polar surface area (TPSA) is 130 Å². The number of amides is 2. The van der Waals surface area contributed by atoms with Crippen LogP contribution < -0.4 is 10.6 Å². The van der Waals surface area contributed by atoms with Crippen LogP contribution in [0.1, 0.15) is 39.6 Å². The number of nitrogens with zero attached hydrogens (tertiary/aromatic N) is 2. The smallest absolute Gasteiger partial charge is 0.407 e. The second-order valence-corrected chi connectivity index (χ2v) is 8.75. The summed E-state index contributed by atoms with van der Waals surface area (Å²) in [5.41, 5.74) is 2.10. The third-order valence-electron chi connectivity index (χ3n) is 5.20. The van der Waals surface area contributed by atoms with Crippen LogP contribution in [0.2, 0.25) is 0 Å². The Hall–Kier alpha value is -3.84. The minimum absolute atomic E-state index is 0.144. The van der Waals surface area contributed by atoms with Crippen LogP contribution in [0, 0.1) is 24.2 Å². The van der Waals surface area contributed by atoms with Gasteiger partial charge in [-0.25, -0.2) is 4.79 Å². The Kier molecular flexibility index (Phi) is 6.90. The van der Waals surface area contributed by atoms with Crippen molar-refractivity contribution >= 4 is 34.4 Å². The average Bonchev–Trinajstić information content (AvgIpc) is 3.54. The number of fused-ring (bicyclic) bond motifs is 1. The average molecular weight is 467 g/mol. The molecule has 3 heterocycles. The SMILES string of the molecule is Cc1cc(CNC(=O)OCC2CCc3c(sc(NC(=O)/C=C/c4ccco4)c3C#N)C2)no1. The molecule has 33 heavy (non-hydrogen) atoms. The molecule has 0 aliphatic heterocycles. The van der Waals surface area contributed by atoms with Gasteiger partial charge in [0, 0.05) is 17.0 Å². The standard InChI is InChI=1S/C23H22N4O5S/c1-14-9-16(27-32-14)12-25-23(29)31-13-15-4-6-18-19(11-24)22(33-20(18)10-15)26-21(28)7-5-17-3-2-8-30-17/h2-3,5,7-9,15H,4,6,10,12-13H2,1H3,(H,25,29)(H,26,28)/b7-5+. The maximum Gasteiger partial charge on any atom is 0.407 e. The number of anilines is 1. The Balaban J connectivity index is 1.31. The highest BCUT2D eigenvalue weighted by Crippen LogP contribution is 2.39. The van der Waals surface area contributed by atoms with Gasteiger partial charge in [0.05, 0.1) is 25.0 Å². The van der Waals surface area contributed by atoms with Crippen LogP contribution in [0.4, 0.5) is 9.80 Å². The van der Waals surface area contributed by atoms with Crippen molar-refractivity contribution in [1.82, 2.24) is 10.5 Å². The maximum absolute atomic E-state index is 12.3. The lowest BCUT2D eigenvalue weighted by molar-refractivity contribution is -0.111. The van der Waals surface area contributed by atoms with E-state index in [1.54, 1.807) is 31.2 Å². The number of hydrogen-bond acceptors (Lipinski definition) is 8. The van der Waals surface area contributed by atoms with Crippen molar-refractivity contribution in [3.8, 4) is 6.07 Å². The van der Waals surface area contributed by atoms with E-state index in [2.05, 4.69) is 21.9 Å². The summed E-state index contributed by atoms with van der Waals surface area (Å²) in [6.07, 6.45) is 6.12. The van der Waals surface area contributed by atoms with Gasteiger partial charge in [-0.05, 0) is 55.9 Å². The van der Waals surface area contributed by atoms with Crippen LogP contribution in [0.15, 0.2) is 39.5 Å². The molecule has 4 rings (SSSR count). The molecule has 0 aromatic carbocycles. The number of furan rings is 1. The van der Waals surface area contributed by atoms with E-state index >= 15 is 0 Å². The van der Waals surface area contributed by atoms with E-state index in [1.807, 2.05) is 0 Å². The van der Waals surface area contributed by atoms with Crippen LogP contribution in [0.3, 0.4) is 0 Å². The van der Waals surface area contributed by atoms with Crippen molar-refractivity contribution < 1.29 is 23.3 Å². The second kappa shape index (κ2) is 10.2. The fourth-order valence-electron chi connectivity index (χ4n) is 3.61. The molecule has 9 nitrogen and oxygen atoms in total. The van der Waals surface area contributed by atoms with Crippen LogP contribution in [-0.4, -0.2) is 23.8 Å². The summed E-state index contributed by atoms with van der Waals surface area (Å²) in [5.74, 6) is 1.06. The molecule has 1 aliphatic carbocycles. The summed E-state index contributed by atoms with van der Waals surface area (Å²) in [7, 11) is 0. The summed E-state index contributed by atoms with van der Waals surface area (Å²) in [6, 6.07) is 7.45. The number of carbonyl (C=O) groups excluding carboxylic acids is 2. The molecule has 0 fully saturated rings. The van der Waals surface area contributed by atoms with Crippen molar-refractivity contribution in [2.75, 3.05) is 11.9 Å². The normalized spacial score (nSPS) is 15.1. The Labute approximate surface area is 194 Å². The number of aromatic nitrogens is 1. The van der Waals surface area contributed by atoms with Gasteiger partial charge in [-0.2, -0.15) is 5.26 Å². The summed E-state index contributed by atoms with van der Waals surface area (Å²) in [5, 5.41) is 19.4. The van der Waals surface area contributed by atoms with E-state index in [-0.39, 0.29) is 25.0 Å². The Morgan fingerprint density at radius 2 is 2.33 bits per heavy atom. The van der Waals surface area contributed by atoms with Gasteiger partial charge in [-0.1, -0.05) is 5.16 Å². The molecule has 1 unspecified atom stereocenters. The highest BCUT2D eigenvalue weighted by molar-refractivity contribution is 7.16. The van der Waals surface area contributed by atoms with Gasteiger partial charge < -0.3 is 24.3 Å². The summed E-state index contributed by atoms with van der Waals surface area (Å²) >= 11 is 1.40. The molecular weight excluding hydrogens is 444 g/mol. The number of alkyl carbamates (subject to hydrolysis) is 1. The van der Waals surface area contributed by atoms with Crippen LogP contribution in [-0.2, 0) is 28.9 Å². The second-order valence-electron chi connectivity index (χ2n) is 7.65. The van der Waals surface area contributed by atoms with Crippen LogP contribution in [0.5, 0.6) is 0 Å². The minimum Gasteiger partial charge on any atom is -0.465 e. The number of thiophene rings is 1. The monoisotopic (exact) mass is 466 g/mol. The summed E-state index contributed by atoms with van der Waals surface area (Å²) < 4.78 is 15.5. The molecule has 0 saturated heterocycles. The molecule has 1 atom stereocenters. The van der Waals surface area contributed by atoms with Crippen LogP contribution >= 0.6 is 11.3 Å². The molecule has 0 spiro atoms. The number of aryl methyl sites for hydroxylation is 1. The zero-order valence-electron chi connectivity index (χ0n) is 17.9. The van der Waals surface area contributed by atoms with E-state index in [4.69, 9.17) is 13.7 Å². The van der Waals surface area contributed by atoms with E-state index in [0.717, 1.165) is 16.9 Å². The molecule has 2 N–H and O–H groups in total. The first-order chi connectivity index (χ1) is 16.0. The minimum atomic E-state index is -0.512. The van der Waals surface area contributed by atoms with Crippen LogP contribution in [0.25, 0.3) is 6.08 Å². The number of hydrogen-bond donors (Lipinski definition) is 2. The molecule has 3 aromatic rings. The third kappa shape index (κ3) is 5.70. The van der Waals surface area contributed by atoms with E-state index in [9.17, 15) is 14.9 Å². The van der Waals surface area contributed by atoms with E-state index in [0.29, 0.717) is 40.6 Å². The predicted molar refractivity (Wildman–Crippen MR) is 120 cm³/mol. The lowest BCUT2D eigenvalue weighted by Crippen LogP contribution is -2.27. The molecule has 0 bridgehead atoms. The summed E-state index contributed by atoms with van der Waals surface area (Å²) in [6.45, 7) is 2.29. The molecule has 0 radical (unpaired) electrons. The first-order valence-electron chi connectivity index (χ1n) is 10.4. The fraction of sp³-hybridized carbons (Fsp3) is 0.304. The number of nitrogens with one attached hydrogen (secondary N) is 2. The Morgan fingerprint density at radius 1 is 1.45 bits per heavy atom. The Bertz CT molecular complexity index is 1200.